The standard InChI is InChI=1S/C26H31N3O3/c1-4-17-28(25(30)20-11-10-12-20)18-22-19(2)27-29(21-13-6-5-7-14-21)26(22)32-24-16-9-8-15-23(24)31-3/h5-9,13-16,20H,4,10-12,17-18H2,1-3H3. The average molecular weight is 434 g/mol. The molecule has 0 aliphatic heterocycles. The van der Waals surface area contributed by atoms with Crippen LogP contribution in [-0.4, -0.2) is 34.2 Å². The number of methoxy groups -OCH3 is 1. The summed E-state index contributed by atoms with van der Waals surface area (Å²) < 4.78 is 13.8. The Morgan fingerprint density at radius 2 is 1.78 bits per heavy atom. The summed E-state index contributed by atoms with van der Waals surface area (Å²) >= 11 is 0. The van der Waals surface area contributed by atoms with Gasteiger partial charge in [-0.1, -0.05) is 43.7 Å². The Kier molecular flexibility index (Phi) is 6.78. The van der Waals surface area contributed by atoms with Gasteiger partial charge in [0.25, 0.3) is 0 Å². The molecule has 1 aliphatic carbocycles. The number of nitrogens with zero attached hydrogens (tertiary/aromatic N) is 3. The lowest BCUT2D eigenvalue weighted by molar-refractivity contribution is -0.138. The van der Waals surface area contributed by atoms with Gasteiger partial charge in [0.2, 0.25) is 11.8 Å². The number of rotatable bonds is 9. The third-order valence-corrected chi connectivity index (χ3v) is 6.02. The first kappa shape index (κ1) is 21.9. The topological polar surface area (TPSA) is 56.6 Å². The highest BCUT2D eigenvalue weighted by atomic mass is 16.5. The van der Waals surface area contributed by atoms with Crippen LogP contribution < -0.4 is 9.47 Å². The molecule has 3 aromatic rings. The molecule has 1 aliphatic rings. The highest BCUT2D eigenvalue weighted by Gasteiger charge is 2.31. The van der Waals surface area contributed by atoms with Gasteiger partial charge in [0.1, 0.15) is 0 Å². The van der Waals surface area contributed by atoms with E-state index in [1.54, 1.807) is 7.11 Å². The maximum Gasteiger partial charge on any atom is 0.228 e. The molecule has 0 unspecified atom stereocenters. The van der Waals surface area contributed by atoms with Crippen LogP contribution in [0.5, 0.6) is 17.4 Å². The molecule has 1 saturated carbocycles. The van der Waals surface area contributed by atoms with Crippen molar-refractivity contribution < 1.29 is 14.3 Å². The first-order valence-corrected chi connectivity index (χ1v) is 11.4. The monoisotopic (exact) mass is 433 g/mol. The Balaban J connectivity index is 1.75. The van der Waals surface area contributed by atoms with Gasteiger partial charge in [0.05, 0.1) is 30.6 Å². The number of aryl methyl sites for hydroxylation is 1. The summed E-state index contributed by atoms with van der Waals surface area (Å²) in [5.41, 5.74) is 2.67. The molecule has 4 rings (SSSR count). The maximum atomic E-state index is 13.1. The van der Waals surface area contributed by atoms with E-state index in [1.807, 2.05) is 71.1 Å². The molecule has 32 heavy (non-hydrogen) atoms. The minimum atomic E-state index is 0.157. The van der Waals surface area contributed by atoms with Gasteiger partial charge in [-0.2, -0.15) is 5.10 Å². The van der Waals surface area contributed by atoms with Crippen LogP contribution in [0.25, 0.3) is 5.69 Å². The van der Waals surface area contributed by atoms with Crippen LogP contribution in [0, 0.1) is 12.8 Å². The molecular weight excluding hydrogens is 402 g/mol. The Labute approximate surface area is 189 Å². The summed E-state index contributed by atoms with van der Waals surface area (Å²) in [5, 5.41) is 4.80. The minimum Gasteiger partial charge on any atom is -0.493 e. The highest BCUT2D eigenvalue weighted by Crippen LogP contribution is 2.36. The van der Waals surface area contributed by atoms with Gasteiger partial charge in [-0.25, -0.2) is 4.68 Å². The van der Waals surface area contributed by atoms with Crippen molar-refractivity contribution in [1.29, 1.82) is 0 Å². The van der Waals surface area contributed by atoms with Gasteiger partial charge in [0.15, 0.2) is 11.5 Å². The highest BCUT2D eigenvalue weighted by molar-refractivity contribution is 5.79. The van der Waals surface area contributed by atoms with Gasteiger partial charge in [0, 0.05) is 12.5 Å². The van der Waals surface area contributed by atoms with Gasteiger partial charge in [-0.15, -0.1) is 0 Å². The molecule has 0 bridgehead atoms. The third-order valence-electron chi connectivity index (χ3n) is 6.02. The van der Waals surface area contributed by atoms with E-state index in [4.69, 9.17) is 14.6 Å². The molecule has 0 spiro atoms. The Morgan fingerprint density at radius 3 is 2.41 bits per heavy atom. The predicted molar refractivity (Wildman–Crippen MR) is 124 cm³/mol. The molecule has 168 valence electrons. The molecule has 0 N–H and O–H groups in total. The lowest BCUT2D eigenvalue weighted by Gasteiger charge is -2.31. The molecule has 6 nitrogen and oxygen atoms in total. The van der Waals surface area contributed by atoms with E-state index in [0.717, 1.165) is 49.2 Å². The molecular formula is C26H31N3O3. The van der Waals surface area contributed by atoms with Crippen molar-refractivity contribution in [2.24, 2.45) is 5.92 Å². The lowest BCUT2D eigenvalue weighted by atomic mass is 9.84. The summed E-state index contributed by atoms with van der Waals surface area (Å²) in [4.78, 5) is 15.1. The second-order valence-electron chi connectivity index (χ2n) is 8.26. The summed E-state index contributed by atoms with van der Waals surface area (Å²) in [6.07, 6.45) is 4.04. The van der Waals surface area contributed by atoms with E-state index in [9.17, 15) is 4.79 Å². The smallest absolute Gasteiger partial charge is 0.228 e. The van der Waals surface area contributed by atoms with Crippen LogP contribution in [-0.2, 0) is 11.3 Å². The van der Waals surface area contributed by atoms with E-state index < -0.39 is 0 Å². The average Bonchev–Trinajstić information content (AvgIpc) is 3.08. The zero-order valence-corrected chi connectivity index (χ0v) is 19.1. The van der Waals surface area contributed by atoms with Crippen LogP contribution in [0.1, 0.15) is 43.9 Å². The molecule has 0 atom stereocenters. The van der Waals surface area contributed by atoms with Crippen molar-refractivity contribution in [1.82, 2.24) is 14.7 Å². The van der Waals surface area contributed by atoms with E-state index in [0.29, 0.717) is 23.9 Å². The first-order valence-electron chi connectivity index (χ1n) is 11.4. The van der Waals surface area contributed by atoms with Crippen molar-refractivity contribution in [2.75, 3.05) is 13.7 Å². The normalized spacial score (nSPS) is 13.5. The number of carbonyl (C=O) groups is 1. The number of para-hydroxylation sites is 3. The van der Waals surface area contributed by atoms with E-state index in [2.05, 4.69) is 6.92 Å². The minimum absolute atomic E-state index is 0.157. The molecule has 1 fully saturated rings. The molecule has 6 heteroatoms. The van der Waals surface area contributed by atoms with Gasteiger partial charge in [-0.05, 0) is 50.5 Å². The van der Waals surface area contributed by atoms with E-state index in [1.165, 1.54) is 0 Å². The number of hydrogen-bond acceptors (Lipinski definition) is 4. The van der Waals surface area contributed by atoms with Crippen molar-refractivity contribution in [3.05, 3.63) is 65.9 Å². The van der Waals surface area contributed by atoms with Crippen LogP contribution in [0.4, 0.5) is 0 Å². The number of hydrogen-bond donors (Lipinski definition) is 0. The van der Waals surface area contributed by atoms with E-state index >= 15 is 0 Å². The molecule has 1 heterocycles. The predicted octanol–water partition coefficient (Wildman–Crippen LogP) is 5.52. The fraction of sp³-hybridized carbons (Fsp3) is 0.385. The van der Waals surface area contributed by atoms with E-state index in [-0.39, 0.29) is 11.8 Å². The largest absolute Gasteiger partial charge is 0.493 e. The van der Waals surface area contributed by atoms with Crippen molar-refractivity contribution in [3.63, 3.8) is 0 Å². The van der Waals surface area contributed by atoms with Crippen molar-refractivity contribution in [2.45, 2.75) is 46.1 Å². The Bertz CT molecular complexity index is 1060. The molecule has 2 aromatic carbocycles. The molecule has 0 saturated heterocycles. The summed E-state index contributed by atoms with van der Waals surface area (Å²) in [5.74, 6) is 2.27. The van der Waals surface area contributed by atoms with Gasteiger partial charge >= 0.3 is 0 Å². The lowest BCUT2D eigenvalue weighted by Crippen LogP contribution is -2.39. The third kappa shape index (κ3) is 4.49. The fourth-order valence-corrected chi connectivity index (χ4v) is 4.02. The molecule has 1 aromatic heterocycles. The second-order valence-corrected chi connectivity index (χ2v) is 8.26. The van der Waals surface area contributed by atoms with Crippen LogP contribution in [0.3, 0.4) is 0 Å². The maximum absolute atomic E-state index is 13.1. The van der Waals surface area contributed by atoms with Crippen LogP contribution in [0.2, 0.25) is 0 Å². The number of aromatic nitrogens is 2. The summed E-state index contributed by atoms with van der Waals surface area (Å²) in [7, 11) is 1.63. The molecule has 0 radical (unpaired) electrons. The fourth-order valence-electron chi connectivity index (χ4n) is 4.02. The summed E-state index contributed by atoms with van der Waals surface area (Å²) in [6.45, 7) is 5.28. The first-order chi connectivity index (χ1) is 15.6. The van der Waals surface area contributed by atoms with Crippen LogP contribution >= 0.6 is 0 Å². The zero-order valence-electron chi connectivity index (χ0n) is 19.1. The number of ether oxygens (including phenoxy) is 2. The van der Waals surface area contributed by atoms with Crippen molar-refractivity contribution >= 4 is 5.91 Å². The van der Waals surface area contributed by atoms with Crippen molar-refractivity contribution in [3.8, 4) is 23.1 Å². The Morgan fingerprint density at radius 1 is 1.09 bits per heavy atom. The number of amides is 1. The van der Waals surface area contributed by atoms with Gasteiger partial charge in [-0.3, -0.25) is 4.79 Å². The SMILES string of the molecule is CCCN(Cc1c(C)nn(-c2ccccc2)c1Oc1ccccc1OC)C(=O)C1CCC1. The number of benzene rings is 2. The Hall–Kier alpha value is -3.28. The quantitative estimate of drug-likeness (QED) is 0.446. The summed E-state index contributed by atoms with van der Waals surface area (Å²) in [6, 6.07) is 17.5. The molecule has 1 amide bonds. The van der Waals surface area contributed by atoms with Gasteiger partial charge < -0.3 is 14.4 Å². The second kappa shape index (κ2) is 9.90. The zero-order chi connectivity index (χ0) is 22.5. The number of carbonyl (C=O) groups excluding carboxylic acids is 1. The van der Waals surface area contributed by atoms with Crippen LogP contribution in [0.15, 0.2) is 54.6 Å².